The van der Waals surface area contributed by atoms with Gasteiger partial charge in [0.05, 0.1) is 6.04 Å². The Labute approximate surface area is 238 Å². The molecule has 0 unspecified atom stereocenters. The molecule has 11 nitrogen and oxygen atoms in total. The summed E-state index contributed by atoms with van der Waals surface area (Å²) in [6, 6.07) is 19.2. The van der Waals surface area contributed by atoms with Gasteiger partial charge in [0.1, 0.15) is 18.4 Å². The number of hydrogen-bond acceptors (Lipinski definition) is 7. The number of aromatic amines is 1. The second-order valence-electron chi connectivity index (χ2n) is 11.2. The van der Waals surface area contributed by atoms with Crippen LogP contribution in [0.15, 0.2) is 81.6 Å². The van der Waals surface area contributed by atoms with Crippen LogP contribution < -0.4 is 21.6 Å². The van der Waals surface area contributed by atoms with Crippen molar-refractivity contribution < 1.29 is 18.7 Å². The second-order valence-corrected chi connectivity index (χ2v) is 15.5. The summed E-state index contributed by atoms with van der Waals surface area (Å²) in [7, 11) is -2.99. The molecule has 0 spiro atoms. The van der Waals surface area contributed by atoms with Crippen LogP contribution >= 0.6 is 0 Å². The number of rotatable bonds is 9. The lowest BCUT2D eigenvalue weighted by atomic mass is 10.1. The van der Waals surface area contributed by atoms with Crippen LogP contribution in [-0.2, 0) is 18.7 Å². The van der Waals surface area contributed by atoms with Gasteiger partial charge in [0.15, 0.2) is 0 Å². The minimum Gasteiger partial charge on any atom is -0.460 e. The first kappa shape index (κ1) is 30.0. The number of nitrogens with zero attached hydrogens (tertiary/aromatic N) is 4. The highest BCUT2D eigenvalue weighted by Gasteiger charge is 2.51. The monoisotopic (exact) mass is 577 g/mol. The molecule has 41 heavy (non-hydrogen) atoms. The van der Waals surface area contributed by atoms with Crippen molar-refractivity contribution in [2.75, 3.05) is 6.61 Å². The molecular weight excluding hydrogens is 542 g/mol. The highest BCUT2D eigenvalue weighted by atomic mass is 28.4. The number of H-pyrrole nitrogens is 1. The third kappa shape index (κ3) is 6.20. The first-order valence-electron chi connectivity index (χ1n) is 13.4. The molecule has 1 fully saturated rings. The standard InChI is InChI=1S/C29H35N5O6Si/c1-19-17-34(28(37)31-27(19)36)25-16-24(39-20(2)35)26(40-25)23(32-33-30)18-38-41(29(3,4)5,21-12-8-6-9-13-21)22-14-10-7-11-15-22/h6-15,17,23-26H,16,18H2,1-5H3,(H,31,36,37)/t23-,24+,25+,26-/m1/s1. The molecule has 1 aromatic heterocycles. The van der Waals surface area contributed by atoms with Crippen molar-refractivity contribution >= 4 is 24.7 Å². The Kier molecular flexibility index (Phi) is 8.98. The summed E-state index contributed by atoms with van der Waals surface area (Å²) in [5.41, 5.74) is 8.71. The van der Waals surface area contributed by atoms with Gasteiger partial charge in [-0.1, -0.05) is 86.5 Å². The SMILES string of the molecule is CC(=O)O[C@H]1C[C@@H](n2cc(C)c(=O)[nH]c2=O)O[C@@H]1[C@@H](CO[Si](c1ccccc1)(c1ccccc1)C(C)(C)C)N=[N+]=[N-]. The number of azide groups is 1. The van der Waals surface area contributed by atoms with Gasteiger partial charge in [0.25, 0.3) is 13.9 Å². The van der Waals surface area contributed by atoms with E-state index < -0.39 is 50.0 Å². The minimum atomic E-state index is -2.99. The predicted octanol–water partition coefficient (Wildman–Crippen LogP) is 3.32. The van der Waals surface area contributed by atoms with Gasteiger partial charge in [0.2, 0.25) is 0 Å². The first-order valence-corrected chi connectivity index (χ1v) is 15.3. The number of benzene rings is 2. The van der Waals surface area contributed by atoms with Crippen LogP contribution in [0.1, 0.15) is 45.9 Å². The number of nitrogens with one attached hydrogen (secondary N) is 1. The molecule has 12 heteroatoms. The molecule has 1 aliphatic heterocycles. The lowest BCUT2D eigenvalue weighted by Crippen LogP contribution is -2.67. The van der Waals surface area contributed by atoms with E-state index in [9.17, 15) is 19.9 Å². The lowest BCUT2D eigenvalue weighted by Gasteiger charge is -2.43. The normalized spacial score (nSPS) is 19.8. The Morgan fingerprint density at radius 2 is 1.73 bits per heavy atom. The second kappa shape index (κ2) is 12.3. The maximum Gasteiger partial charge on any atom is 0.330 e. The van der Waals surface area contributed by atoms with Crippen LogP contribution in [0.4, 0.5) is 0 Å². The van der Waals surface area contributed by atoms with Gasteiger partial charge in [-0.3, -0.25) is 19.1 Å². The van der Waals surface area contributed by atoms with E-state index in [-0.39, 0.29) is 18.1 Å². The van der Waals surface area contributed by atoms with Crippen molar-refractivity contribution in [1.82, 2.24) is 9.55 Å². The highest BCUT2D eigenvalue weighted by molar-refractivity contribution is 6.99. The number of esters is 1. The summed E-state index contributed by atoms with van der Waals surface area (Å²) in [6.07, 6.45) is -1.07. The molecule has 0 aliphatic carbocycles. The van der Waals surface area contributed by atoms with Crippen LogP contribution in [0.3, 0.4) is 0 Å². The van der Waals surface area contributed by atoms with E-state index in [2.05, 4.69) is 60.0 Å². The minimum absolute atomic E-state index is 0.0218. The molecule has 4 atom stereocenters. The fourth-order valence-corrected chi connectivity index (χ4v) is 10.1. The molecule has 2 heterocycles. The Bertz CT molecular complexity index is 1490. The summed E-state index contributed by atoms with van der Waals surface area (Å²) in [5.74, 6) is -0.540. The number of carbonyl (C=O) groups excluding carboxylic acids is 1. The fraction of sp³-hybridized carbons (Fsp3) is 0.414. The van der Waals surface area contributed by atoms with E-state index in [4.69, 9.17) is 13.9 Å². The Morgan fingerprint density at radius 3 is 2.24 bits per heavy atom. The Balaban J connectivity index is 1.74. The molecule has 0 saturated carbocycles. The Hall–Kier alpha value is -3.96. The molecule has 0 bridgehead atoms. The number of aromatic nitrogens is 2. The average Bonchev–Trinajstić information content (AvgIpc) is 3.33. The van der Waals surface area contributed by atoms with E-state index in [1.165, 1.54) is 17.7 Å². The molecule has 1 aliphatic rings. The third-order valence-electron chi connectivity index (χ3n) is 7.35. The molecule has 0 radical (unpaired) electrons. The van der Waals surface area contributed by atoms with E-state index in [1.807, 2.05) is 36.4 Å². The Morgan fingerprint density at radius 1 is 1.15 bits per heavy atom. The van der Waals surface area contributed by atoms with Gasteiger partial charge < -0.3 is 13.9 Å². The van der Waals surface area contributed by atoms with Gasteiger partial charge >= 0.3 is 11.7 Å². The molecule has 216 valence electrons. The summed E-state index contributed by atoms with van der Waals surface area (Å²) in [6.45, 7) is 9.24. The molecule has 4 rings (SSSR count). The van der Waals surface area contributed by atoms with Crippen molar-refractivity contribution in [2.24, 2.45) is 5.11 Å². The van der Waals surface area contributed by atoms with E-state index >= 15 is 0 Å². The molecular formula is C29H35N5O6Si. The number of hydrogen-bond donors (Lipinski definition) is 1. The van der Waals surface area contributed by atoms with Gasteiger partial charge in [-0.05, 0) is 27.9 Å². The quantitative estimate of drug-likeness (QED) is 0.136. The van der Waals surface area contributed by atoms with Gasteiger partial charge in [-0.2, -0.15) is 0 Å². The summed E-state index contributed by atoms with van der Waals surface area (Å²) < 4.78 is 20.1. The summed E-state index contributed by atoms with van der Waals surface area (Å²) >= 11 is 0. The number of ether oxygens (including phenoxy) is 2. The van der Waals surface area contributed by atoms with Crippen LogP contribution in [0, 0.1) is 6.92 Å². The van der Waals surface area contributed by atoms with E-state index in [0.717, 1.165) is 10.4 Å². The molecule has 3 aromatic rings. The van der Waals surface area contributed by atoms with Crippen LogP contribution in [0.25, 0.3) is 10.4 Å². The fourth-order valence-electron chi connectivity index (χ4n) is 5.54. The van der Waals surface area contributed by atoms with E-state index in [1.54, 1.807) is 6.92 Å². The largest absolute Gasteiger partial charge is 0.460 e. The first-order chi connectivity index (χ1) is 19.5. The molecule has 1 saturated heterocycles. The van der Waals surface area contributed by atoms with Gasteiger partial charge in [0, 0.05) is 36.6 Å². The van der Waals surface area contributed by atoms with Crippen LogP contribution in [0.5, 0.6) is 0 Å². The zero-order chi connectivity index (χ0) is 29.8. The maximum absolute atomic E-state index is 12.6. The van der Waals surface area contributed by atoms with Crippen molar-refractivity contribution in [3.63, 3.8) is 0 Å². The van der Waals surface area contributed by atoms with Crippen LogP contribution in [0.2, 0.25) is 5.04 Å². The molecule has 0 amide bonds. The van der Waals surface area contributed by atoms with E-state index in [0.29, 0.717) is 5.56 Å². The van der Waals surface area contributed by atoms with Crippen molar-refractivity contribution in [1.29, 1.82) is 0 Å². The van der Waals surface area contributed by atoms with Crippen molar-refractivity contribution in [3.05, 3.63) is 104 Å². The summed E-state index contributed by atoms with van der Waals surface area (Å²) in [4.78, 5) is 41.9. The van der Waals surface area contributed by atoms with Gasteiger partial charge in [-0.25, -0.2) is 4.79 Å². The average molecular weight is 578 g/mol. The zero-order valence-corrected chi connectivity index (χ0v) is 24.8. The molecule has 1 N–H and O–H groups in total. The highest BCUT2D eigenvalue weighted by Crippen LogP contribution is 2.38. The third-order valence-corrected chi connectivity index (χ3v) is 12.4. The van der Waals surface area contributed by atoms with Gasteiger partial charge in [-0.15, -0.1) is 0 Å². The number of carbonyl (C=O) groups is 1. The van der Waals surface area contributed by atoms with Crippen molar-refractivity contribution in [3.8, 4) is 0 Å². The smallest absolute Gasteiger partial charge is 0.330 e. The lowest BCUT2D eigenvalue weighted by molar-refractivity contribution is -0.150. The maximum atomic E-state index is 12.6. The van der Waals surface area contributed by atoms with Crippen molar-refractivity contribution in [2.45, 2.75) is 70.6 Å². The molecule has 2 aromatic carbocycles. The summed E-state index contributed by atoms with van der Waals surface area (Å²) in [5, 5.41) is 5.81. The zero-order valence-electron chi connectivity index (χ0n) is 23.8. The number of aryl methyl sites for hydroxylation is 1. The topological polar surface area (TPSA) is 148 Å². The van der Waals surface area contributed by atoms with Crippen LogP contribution in [-0.4, -0.2) is 48.7 Å². The predicted molar refractivity (Wildman–Crippen MR) is 157 cm³/mol.